The van der Waals surface area contributed by atoms with Crippen LogP contribution in [0.2, 0.25) is 0 Å². The normalized spacial score (nSPS) is 0. The van der Waals surface area contributed by atoms with E-state index in [1.807, 2.05) is 0 Å². The number of rotatable bonds is 0. The predicted octanol–water partition coefficient (Wildman–Crippen LogP) is 1.32. The van der Waals surface area contributed by atoms with E-state index in [4.69, 9.17) is 0 Å². The summed E-state index contributed by atoms with van der Waals surface area (Å²) in [6.45, 7) is 0. The van der Waals surface area contributed by atoms with E-state index in [2.05, 4.69) is 0 Å². The van der Waals surface area contributed by atoms with Gasteiger partial charge in [-0.2, -0.15) is 0 Å². The van der Waals surface area contributed by atoms with Crippen LogP contribution in [0.25, 0.3) is 0 Å². The van der Waals surface area contributed by atoms with E-state index in [-0.39, 0.29) is 415 Å². The molecule has 0 heterocycles. The molecule has 0 aliphatic heterocycles. The van der Waals surface area contributed by atoms with Gasteiger partial charge in [0.1, 0.15) is 0 Å². The van der Waals surface area contributed by atoms with Crippen LogP contribution < -0.4 is 0 Å². The van der Waals surface area contributed by atoms with Crippen LogP contribution in [0.15, 0.2) is 0 Å². The molecule has 15 heavy (non-hydrogen) atoms. The summed E-state index contributed by atoms with van der Waals surface area (Å²) in [6, 6.07) is 0. The largest absolute Gasteiger partial charge is 3.00 e. The van der Waals surface area contributed by atoms with E-state index in [9.17, 15) is 0 Å². The van der Waals surface area contributed by atoms with Crippen LogP contribution in [0.1, 0.15) is 0 Å². The van der Waals surface area contributed by atoms with Gasteiger partial charge in [-0.25, -0.2) is 0 Å². The summed E-state index contributed by atoms with van der Waals surface area (Å²) in [5, 5.41) is 0. The fraction of sp³-hybridized carbons (Fsp3) is 0. The van der Waals surface area contributed by atoms with Crippen molar-refractivity contribution in [1.29, 1.82) is 0 Å². The van der Waals surface area contributed by atoms with Gasteiger partial charge in [0.2, 0.25) is 0 Å². The van der Waals surface area contributed by atoms with Gasteiger partial charge in [0.05, 0.1) is 0 Å². The van der Waals surface area contributed by atoms with Crippen LogP contribution in [-0.4, -0.2) is 0 Å². The first-order chi connectivity index (χ1) is 0. The molecule has 0 unspecified atom stereocenters. The van der Waals surface area contributed by atoms with Crippen molar-refractivity contribution in [2.24, 2.45) is 0 Å². The molecule has 0 fully saturated rings. The molecule has 0 amide bonds. The van der Waals surface area contributed by atoms with Crippen LogP contribution in [0.5, 0.6) is 0 Å². The van der Waals surface area contributed by atoms with E-state index in [0.29, 0.717) is 0 Å². The second kappa shape index (κ2) is 107. The average Bonchev–Trinajstić information content (AvgIpc) is 0. The first-order valence-corrected chi connectivity index (χ1v) is 0. The Kier molecular flexibility index (Phi) is 852. The zero-order chi connectivity index (χ0) is 0. The van der Waals surface area contributed by atoms with Crippen molar-refractivity contribution in [3.05, 3.63) is 22.3 Å². The van der Waals surface area contributed by atoms with Gasteiger partial charge < -0.3 is 22.3 Å². The molecule has 0 aromatic carbocycles. The maximum Gasteiger partial charge on any atom is 3.00 e. The Balaban J connectivity index is 0. The summed E-state index contributed by atoms with van der Waals surface area (Å²) >= 11 is 0. The first kappa shape index (κ1) is 120. The van der Waals surface area contributed by atoms with Crippen molar-refractivity contribution in [3.8, 4) is 0 Å². The topological polar surface area (TPSA) is 0 Å². The number of hydrogen-bond donors (Lipinski definition) is 0. The molecule has 0 bridgehead atoms. The quantitative estimate of drug-likeness (QED) is 0.322. The summed E-state index contributed by atoms with van der Waals surface area (Å²) in [6.07, 6.45) is 0. The summed E-state index contributed by atoms with van der Waals surface area (Å²) in [7, 11) is 0. The third-order valence-corrected chi connectivity index (χ3v) is 0. The molecule has 0 atom stereocenters. The van der Waals surface area contributed by atoms with Crippen LogP contribution >= 0.6 is 0 Å². The third-order valence-electron chi connectivity index (χ3n) is 0. The van der Waals surface area contributed by atoms with Gasteiger partial charge in [-0.15, -0.1) is 0 Å². The Morgan fingerprint density at radius 3 is 0.200 bits per heavy atom. The van der Waals surface area contributed by atoms with Gasteiger partial charge in [0.25, 0.3) is 0 Å². The fourth-order valence-electron chi connectivity index (χ4n) is 0. The van der Waals surface area contributed by atoms with Crippen molar-refractivity contribution in [2.75, 3.05) is 0 Å². The zero-order valence-electron chi connectivity index (χ0n) is 9.93. The average molecular weight is 1110 g/mol. The third kappa shape index (κ3) is 99.0. The molecule has 0 saturated heterocycles. The van der Waals surface area contributed by atoms with Gasteiger partial charge in [-0.3, -0.25) is 0 Å². The molecule has 0 nitrogen and oxygen atoms in total. The molecule has 0 aromatic rings. The maximum atomic E-state index is 0. The second-order valence-electron chi connectivity index (χ2n) is 0. The van der Waals surface area contributed by atoms with E-state index in [1.165, 1.54) is 0 Å². The van der Waals surface area contributed by atoms with Crippen molar-refractivity contribution < 1.29 is 393 Å². The standard InChI is InChI=1S/3CH3.12Y/h3*1H3;;;;;;;;;;;;/q3*-1;;;;;;;;;;;;+3. The second-order valence-corrected chi connectivity index (χ2v) is 0. The van der Waals surface area contributed by atoms with E-state index < -0.39 is 0 Å². The maximum absolute atomic E-state index is 0. The van der Waals surface area contributed by atoms with Gasteiger partial charge in [0.15, 0.2) is 0 Å². The summed E-state index contributed by atoms with van der Waals surface area (Å²) in [5.74, 6) is 0. The summed E-state index contributed by atoms with van der Waals surface area (Å²) < 4.78 is 0. The Bertz CT molecular complexity index is 10.8. The molecular formula is C3H9Y12. The Morgan fingerprint density at radius 2 is 0.200 bits per heavy atom. The zero-order valence-corrected chi connectivity index (χ0v) is 44.0. The van der Waals surface area contributed by atoms with Crippen LogP contribution in [0, 0.1) is 22.3 Å². The Labute approximate surface area is 400 Å². The molecule has 0 saturated carbocycles. The van der Waals surface area contributed by atoms with Gasteiger partial charge in [-0.05, 0) is 0 Å². The summed E-state index contributed by atoms with van der Waals surface area (Å²) in [4.78, 5) is 0. The van der Waals surface area contributed by atoms with Crippen molar-refractivity contribution in [2.45, 2.75) is 0 Å². The van der Waals surface area contributed by atoms with Crippen LogP contribution in [0.4, 0.5) is 0 Å². The Hall–Kier alpha value is 13.2. The van der Waals surface area contributed by atoms with Crippen LogP contribution in [0.3, 0.4) is 0 Å². The molecule has 57 valence electrons. The predicted molar refractivity (Wildman–Crippen MR) is 19.2 cm³/mol. The molecule has 0 aromatic heterocycles. The van der Waals surface area contributed by atoms with Crippen molar-refractivity contribution in [3.63, 3.8) is 0 Å². The van der Waals surface area contributed by atoms with Crippen molar-refractivity contribution in [1.82, 2.24) is 0 Å². The van der Waals surface area contributed by atoms with E-state index in [1.54, 1.807) is 0 Å². The molecule has 12 heteroatoms. The smallest absolute Gasteiger partial charge is 0.358 e. The molecular weight excluding hydrogens is 1100 g/mol. The molecule has 0 rings (SSSR count). The first-order valence-electron chi connectivity index (χ1n) is 0. The molecule has 0 N–H and O–H groups in total. The summed E-state index contributed by atoms with van der Waals surface area (Å²) in [5.41, 5.74) is 0. The SMILES string of the molecule is [CH3-].[CH3-].[CH3-].[Y+3].[Y].[Y].[Y].[Y].[Y].[Y].[Y].[Y].[Y].[Y].[Y]. The minimum Gasteiger partial charge on any atom is -0.358 e. The Morgan fingerprint density at radius 1 is 0.200 bits per heavy atom. The van der Waals surface area contributed by atoms with Gasteiger partial charge in [0, 0.05) is 360 Å². The molecule has 0 spiro atoms. The van der Waals surface area contributed by atoms with E-state index >= 15 is 0 Å². The minimum atomic E-state index is 0. The molecule has 0 aliphatic rings. The molecule has 11 radical (unpaired) electrons. The van der Waals surface area contributed by atoms with Crippen LogP contribution in [-0.2, 0) is 393 Å². The molecule has 0 aliphatic carbocycles. The van der Waals surface area contributed by atoms with E-state index in [0.717, 1.165) is 0 Å². The van der Waals surface area contributed by atoms with Crippen molar-refractivity contribution >= 4 is 0 Å². The van der Waals surface area contributed by atoms with Gasteiger partial charge >= 0.3 is 32.7 Å². The number of hydrogen-bond acceptors (Lipinski definition) is 0. The monoisotopic (exact) mass is 1110 g/mol. The fourth-order valence-corrected chi connectivity index (χ4v) is 0. The minimum absolute atomic E-state index is 0. The van der Waals surface area contributed by atoms with Gasteiger partial charge in [-0.1, -0.05) is 0 Å².